The summed E-state index contributed by atoms with van der Waals surface area (Å²) in [4.78, 5) is 0.0325. The maximum Gasteiger partial charge on any atom is 0.260 e. The summed E-state index contributed by atoms with van der Waals surface area (Å²) in [6, 6.07) is 6.07. The van der Waals surface area contributed by atoms with Gasteiger partial charge in [-0.15, -0.1) is 0 Å². The minimum atomic E-state index is -3.44. The molecule has 6 heteroatoms. The van der Waals surface area contributed by atoms with Crippen LogP contribution in [0.15, 0.2) is 29.2 Å². The van der Waals surface area contributed by atoms with Crippen LogP contribution in [0, 0.1) is 0 Å². The molecule has 0 fully saturated rings. The molecular weight excluding hydrogens is 272 g/mol. The Hall–Kier alpha value is -1.01. The molecule has 0 bridgehead atoms. The monoisotopic (exact) mass is 289 g/mol. The van der Waals surface area contributed by atoms with E-state index in [2.05, 4.69) is 5.32 Å². The van der Waals surface area contributed by atoms with Crippen molar-refractivity contribution in [2.24, 2.45) is 0 Å². The van der Waals surface area contributed by atoms with Crippen LogP contribution in [0.3, 0.4) is 0 Å². The van der Waals surface area contributed by atoms with Gasteiger partial charge >= 0.3 is 0 Å². The predicted octanol–water partition coefficient (Wildman–Crippen LogP) is 2.32. The second kappa shape index (κ2) is 5.17. The molecule has 3 nitrogen and oxygen atoms in total. The van der Waals surface area contributed by atoms with E-state index in [0.717, 1.165) is 0 Å². The Labute approximate surface area is 111 Å². The quantitative estimate of drug-likeness (QED) is 0.925. The van der Waals surface area contributed by atoms with Crippen LogP contribution >= 0.6 is 0 Å². The van der Waals surface area contributed by atoms with Gasteiger partial charge in [-0.3, -0.25) is 0 Å². The Bertz CT molecular complexity index is 560. The number of benzene rings is 1. The summed E-state index contributed by atoms with van der Waals surface area (Å²) < 4.78 is 51.1. The zero-order chi connectivity index (χ0) is 14.1. The lowest BCUT2D eigenvalue weighted by Gasteiger charge is -2.39. The maximum atomic E-state index is 13.6. The van der Waals surface area contributed by atoms with Gasteiger partial charge in [0.25, 0.3) is 6.43 Å². The van der Waals surface area contributed by atoms with Crippen LogP contribution in [-0.4, -0.2) is 27.1 Å². The van der Waals surface area contributed by atoms with Crippen LogP contribution in [-0.2, 0) is 15.4 Å². The van der Waals surface area contributed by atoms with Crippen LogP contribution in [0.1, 0.15) is 25.3 Å². The first-order chi connectivity index (χ1) is 8.94. The van der Waals surface area contributed by atoms with Crippen LogP contribution in [0.25, 0.3) is 0 Å². The Morgan fingerprint density at radius 1 is 1.37 bits per heavy atom. The number of rotatable bonds is 4. The Kier molecular flexibility index (Phi) is 3.92. The molecule has 106 valence electrons. The molecule has 1 unspecified atom stereocenters. The van der Waals surface area contributed by atoms with Gasteiger partial charge in [-0.2, -0.15) is 0 Å². The molecule has 0 saturated carbocycles. The molecule has 1 aliphatic heterocycles. The number of nitrogens with one attached hydrogen (secondary N) is 1. The van der Waals surface area contributed by atoms with E-state index in [-0.39, 0.29) is 22.6 Å². The maximum absolute atomic E-state index is 13.6. The summed E-state index contributed by atoms with van der Waals surface area (Å²) in [6.45, 7) is 2.32. The van der Waals surface area contributed by atoms with E-state index in [9.17, 15) is 17.2 Å². The van der Waals surface area contributed by atoms with Gasteiger partial charge in [-0.25, -0.2) is 17.2 Å². The fourth-order valence-corrected chi connectivity index (χ4v) is 4.16. The van der Waals surface area contributed by atoms with Gasteiger partial charge < -0.3 is 5.32 Å². The van der Waals surface area contributed by atoms with Gasteiger partial charge in [0.1, 0.15) is 5.54 Å². The standard InChI is InChI=1S/C13H17F2NO2S/c1-2-8-16-13(12(14)15)7-9-19(17,18)11-6-4-3-5-10(11)13/h3-6,12,16H,2,7-9H2,1H3. The fraction of sp³-hybridized carbons (Fsp3) is 0.538. The topological polar surface area (TPSA) is 46.2 Å². The highest BCUT2D eigenvalue weighted by molar-refractivity contribution is 7.91. The highest BCUT2D eigenvalue weighted by atomic mass is 32.2. The summed E-state index contributed by atoms with van der Waals surface area (Å²) in [5.41, 5.74) is -1.34. The Morgan fingerprint density at radius 3 is 2.68 bits per heavy atom. The average molecular weight is 289 g/mol. The average Bonchev–Trinajstić information content (AvgIpc) is 2.38. The first-order valence-corrected chi connectivity index (χ1v) is 7.95. The molecule has 1 heterocycles. The van der Waals surface area contributed by atoms with E-state index < -0.39 is 21.8 Å². The van der Waals surface area contributed by atoms with E-state index in [4.69, 9.17) is 0 Å². The van der Waals surface area contributed by atoms with Crippen LogP contribution < -0.4 is 5.32 Å². The summed E-state index contributed by atoms with van der Waals surface area (Å²) in [7, 11) is -3.44. The SMILES string of the molecule is CCCNC1(C(F)F)CCS(=O)(=O)c2ccccc21. The highest BCUT2D eigenvalue weighted by Crippen LogP contribution is 2.40. The third-order valence-corrected chi connectivity index (χ3v) is 5.30. The van der Waals surface area contributed by atoms with E-state index in [1.165, 1.54) is 12.1 Å². The Morgan fingerprint density at radius 2 is 2.05 bits per heavy atom. The van der Waals surface area contributed by atoms with Gasteiger partial charge in [0.15, 0.2) is 9.84 Å². The normalized spacial score (nSPS) is 25.3. The second-order valence-corrected chi connectivity index (χ2v) is 6.84. The Balaban J connectivity index is 2.58. The number of fused-ring (bicyclic) bond motifs is 1. The largest absolute Gasteiger partial charge is 0.303 e. The molecular formula is C13H17F2NO2S. The number of sulfone groups is 1. The van der Waals surface area contributed by atoms with Crippen molar-refractivity contribution in [3.63, 3.8) is 0 Å². The molecule has 0 spiro atoms. The minimum Gasteiger partial charge on any atom is -0.303 e. The zero-order valence-corrected chi connectivity index (χ0v) is 11.5. The molecule has 1 aliphatic rings. The molecule has 0 aliphatic carbocycles. The molecule has 0 radical (unpaired) electrons. The van der Waals surface area contributed by atoms with Gasteiger partial charge in [0, 0.05) is 0 Å². The second-order valence-electron chi connectivity index (χ2n) is 4.76. The number of hydrogen-bond donors (Lipinski definition) is 1. The molecule has 0 amide bonds. The minimum absolute atomic E-state index is 0.0325. The number of alkyl halides is 2. The first kappa shape index (κ1) is 14.4. The molecule has 1 N–H and O–H groups in total. The third kappa shape index (κ3) is 2.39. The fourth-order valence-electron chi connectivity index (χ4n) is 2.48. The van der Waals surface area contributed by atoms with Gasteiger partial charge in [0.05, 0.1) is 10.6 Å². The van der Waals surface area contributed by atoms with Crippen molar-refractivity contribution in [3.8, 4) is 0 Å². The summed E-state index contributed by atoms with van der Waals surface area (Å²) in [6.07, 6.45) is -2.02. The van der Waals surface area contributed by atoms with E-state index >= 15 is 0 Å². The van der Waals surface area contributed by atoms with Gasteiger partial charge in [0.2, 0.25) is 0 Å². The lowest BCUT2D eigenvalue weighted by molar-refractivity contribution is 0.0219. The lowest BCUT2D eigenvalue weighted by Crippen LogP contribution is -2.52. The highest BCUT2D eigenvalue weighted by Gasteiger charge is 2.48. The van der Waals surface area contributed by atoms with Crippen LogP contribution in [0.5, 0.6) is 0 Å². The van der Waals surface area contributed by atoms with Crippen molar-refractivity contribution in [1.82, 2.24) is 5.32 Å². The van der Waals surface area contributed by atoms with Crippen molar-refractivity contribution >= 4 is 9.84 Å². The van der Waals surface area contributed by atoms with E-state index in [1.54, 1.807) is 12.1 Å². The third-order valence-electron chi connectivity index (χ3n) is 3.53. The molecule has 0 saturated heterocycles. The van der Waals surface area contributed by atoms with Crippen LogP contribution in [0.4, 0.5) is 8.78 Å². The van der Waals surface area contributed by atoms with Crippen molar-refractivity contribution in [1.29, 1.82) is 0 Å². The lowest BCUT2D eigenvalue weighted by atomic mass is 9.86. The summed E-state index contributed by atoms with van der Waals surface area (Å²) >= 11 is 0. The van der Waals surface area contributed by atoms with Gasteiger partial charge in [-0.05, 0) is 31.0 Å². The molecule has 1 atom stereocenters. The number of halogens is 2. The smallest absolute Gasteiger partial charge is 0.260 e. The van der Waals surface area contributed by atoms with Crippen molar-refractivity contribution in [3.05, 3.63) is 29.8 Å². The van der Waals surface area contributed by atoms with Crippen LogP contribution in [0.2, 0.25) is 0 Å². The van der Waals surface area contributed by atoms with E-state index in [1.807, 2.05) is 6.92 Å². The molecule has 19 heavy (non-hydrogen) atoms. The molecule has 1 aromatic rings. The van der Waals surface area contributed by atoms with Crippen molar-refractivity contribution in [2.45, 2.75) is 36.6 Å². The first-order valence-electron chi connectivity index (χ1n) is 6.29. The molecule has 2 rings (SSSR count). The van der Waals surface area contributed by atoms with Crippen molar-refractivity contribution < 1.29 is 17.2 Å². The number of hydrogen-bond acceptors (Lipinski definition) is 3. The van der Waals surface area contributed by atoms with Crippen molar-refractivity contribution in [2.75, 3.05) is 12.3 Å². The van der Waals surface area contributed by atoms with Gasteiger partial charge in [-0.1, -0.05) is 25.1 Å². The summed E-state index contributed by atoms with van der Waals surface area (Å²) in [5.74, 6) is -0.245. The van der Waals surface area contributed by atoms with E-state index in [0.29, 0.717) is 13.0 Å². The molecule has 0 aromatic heterocycles. The predicted molar refractivity (Wildman–Crippen MR) is 69.1 cm³/mol. The zero-order valence-electron chi connectivity index (χ0n) is 10.7. The summed E-state index contributed by atoms with van der Waals surface area (Å²) in [5, 5.41) is 2.86. The molecule has 1 aromatic carbocycles.